The van der Waals surface area contributed by atoms with Gasteiger partial charge in [0.15, 0.2) is 0 Å². The van der Waals surface area contributed by atoms with Crippen LogP contribution in [-0.4, -0.2) is 24.4 Å². The number of hydrogen-bond acceptors (Lipinski definition) is 2. The maximum atomic E-state index is 9.35. The summed E-state index contributed by atoms with van der Waals surface area (Å²) in [7, 11) is 0. The van der Waals surface area contributed by atoms with Gasteiger partial charge in [0.1, 0.15) is 0 Å². The maximum Gasteiger partial charge on any atom is 0.0839 e. The third-order valence-electron chi connectivity index (χ3n) is 1.96. The fourth-order valence-corrected chi connectivity index (χ4v) is 1.30. The molecule has 10 heavy (non-hydrogen) atoms. The molecule has 1 aliphatic rings. The van der Waals surface area contributed by atoms with Gasteiger partial charge in [-0.25, -0.2) is 0 Å². The minimum atomic E-state index is -0.328. The van der Waals surface area contributed by atoms with Crippen molar-refractivity contribution >= 4 is 0 Å². The van der Waals surface area contributed by atoms with Crippen LogP contribution in [-0.2, 0) is 4.74 Å². The van der Waals surface area contributed by atoms with E-state index in [1.165, 1.54) is 0 Å². The van der Waals surface area contributed by atoms with Crippen LogP contribution in [0.4, 0.5) is 0 Å². The summed E-state index contributed by atoms with van der Waals surface area (Å²) in [5.74, 6) is 0.258. The van der Waals surface area contributed by atoms with Gasteiger partial charge in [0.2, 0.25) is 0 Å². The van der Waals surface area contributed by atoms with E-state index in [1.54, 1.807) is 0 Å². The molecule has 0 unspecified atom stereocenters. The fourth-order valence-electron chi connectivity index (χ4n) is 1.30. The Balaban J connectivity index is 2.47. The monoisotopic (exact) mass is 142 g/mol. The molecule has 58 valence electrons. The number of ether oxygens (including phenoxy) is 1. The molecule has 1 saturated heterocycles. The van der Waals surface area contributed by atoms with Crippen LogP contribution in [0.5, 0.6) is 0 Å². The Labute approximate surface area is 61.5 Å². The smallest absolute Gasteiger partial charge is 0.0839 e. The molecule has 0 saturated carbocycles. The number of hydrogen-bond donors (Lipinski definition) is 1. The maximum absolute atomic E-state index is 9.35. The van der Waals surface area contributed by atoms with Crippen molar-refractivity contribution in [3.63, 3.8) is 0 Å². The summed E-state index contributed by atoms with van der Waals surface area (Å²) in [5, 5.41) is 9.35. The molecule has 1 rings (SSSR count). The van der Waals surface area contributed by atoms with E-state index in [0.29, 0.717) is 6.61 Å². The molecule has 0 amide bonds. The highest BCUT2D eigenvalue weighted by Crippen LogP contribution is 2.21. The van der Waals surface area contributed by atoms with Crippen LogP contribution in [0.15, 0.2) is 12.2 Å². The summed E-state index contributed by atoms with van der Waals surface area (Å²) in [6.07, 6.45) is 0.586. The Morgan fingerprint density at radius 1 is 1.70 bits per heavy atom. The molecule has 0 spiro atoms. The summed E-state index contributed by atoms with van der Waals surface area (Å²) in [5.41, 5.74) is 1.07. The van der Waals surface area contributed by atoms with Crippen LogP contribution in [0.3, 0.4) is 0 Å². The normalized spacial score (nSPS) is 33.8. The number of rotatable bonds is 1. The van der Waals surface area contributed by atoms with Crippen LogP contribution in [0.2, 0.25) is 0 Å². The molecular weight excluding hydrogens is 128 g/mol. The Kier molecular flexibility index (Phi) is 2.46. The van der Waals surface area contributed by atoms with Crippen molar-refractivity contribution in [1.29, 1.82) is 0 Å². The summed E-state index contributed by atoms with van der Waals surface area (Å²) in [6.45, 7) is 7.00. The number of aliphatic hydroxyl groups is 1. The third-order valence-corrected chi connectivity index (χ3v) is 1.96. The molecule has 0 aromatic rings. The molecule has 0 radical (unpaired) electrons. The van der Waals surface area contributed by atoms with Gasteiger partial charge in [-0.05, 0) is 13.3 Å². The van der Waals surface area contributed by atoms with Gasteiger partial charge in [-0.3, -0.25) is 0 Å². The topological polar surface area (TPSA) is 29.5 Å². The van der Waals surface area contributed by atoms with Crippen LogP contribution in [0.1, 0.15) is 13.3 Å². The molecule has 1 heterocycles. The lowest BCUT2D eigenvalue weighted by atomic mass is 9.91. The van der Waals surface area contributed by atoms with Gasteiger partial charge in [-0.2, -0.15) is 0 Å². The zero-order valence-corrected chi connectivity index (χ0v) is 6.34. The van der Waals surface area contributed by atoms with Crippen molar-refractivity contribution in [2.45, 2.75) is 19.4 Å². The average molecular weight is 142 g/mol. The fraction of sp³-hybridized carbons (Fsp3) is 0.750. The zero-order chi connectivity index (χ0) is 7.56. The molecule has 2 atom stereocenters. The third kappa shape index (κ3) is 1.58. The second-order valence-corrected chi connectivity index (χ2v) is 2.88. The van der Waals surface area contributed by atoms with E-state index in [4.69, 9.17) is 4.74 Å². The highest BCUT2D eigenvalue weighted by Gasteiger charge is 2.23. The van der Waals surface area contributed by atoms with Gasteiger partial charge in [0.25, 0.3) is 0 Å². The van der Waals surface area contributed by atoms with Gasteiger partial charge in [0.05, 0.1) is 12.7 Å². The van der Waals surface area contributed by atoms with Crippen molar-refractivity contribution in [3.05, 3.63) is 12.2 Å². The van der Waals surface area contributed by atoms with Crippen LogP contribution in [0.25, 0.3) is 0 Å². The quantitative estimate of drug-likeness (QED) is 0.552. The Morgan fingerprint density at radius 3 is 2.80 bits per heavy atom. The molecule has 1 aliphatic heterocycles. The number of aliphatic hydroxyl groups excluding tert-OH is 1. The van der Waals surface area contributed by atoms with Gasteiger partial charge < -0.3 is 9.84 Å². The van der Waals surface area contributed by atoms with E-state index in [0.717, 1.165) is 18.6 Å². The predicted molar refractivity (Wildman–Crippen MR) is 39.7 cm³/mol. The van der Waals surface area contributed by atoms with E-state index in [1.807, 2.05) is 6.92 Å². The molecule has 2 nitrogen and oxygen atoms in total. The standard InChI is InChI=1S/C8H14O2/c1-6(2)7-3-4-10-5-8(7)9/h7-9H,1,3-5H2,2H3/t7-,8+/m0/s1. The van der Waals surface area contributed by atoms with Crippen molar-refractivity contribution in [1.82, 2.24) is 0 Å². The van der Waals surface area contributed by atoms with E-state index in [-0.39, 0.29) is 12.0 Å². The van der Waals surface area contributed by atoms with E-state index in [2.05, 4.69) is 6.58 Å². The summed E-state index contributed by atoms with van der Waals surface area (Å²) in [4.78, 5) is 0. The first kappa shape index (κ1) is 7.76. The largest absolute Gasteiger partial charge is 0.390 e. The molecule has 2 heteroatoms. The average Bonchev–Trinajstić information content (AvgIpc) is 1.88. The Hall–Kier alpha value is -0.340. The van der Waals surface area contributed by atoms with Gasteiger partial charge in [-0.15, -0.1) is 0 Å². The Morgan fingerprint density at radius 2 is 2.40 bits per heavy atom. The highest BCUT2D eigenvalue weighted by molar-refractivity contribution is 5.00. The molecule has 1 fully saturated rings. The highest BCUT2D eigenvalue weighted by atomic mass is 16.5. The lowest BCUT2D eigenvalue weighted by Crippen LogP contribution is -2.32. The van der Waals surface area contributed by atoms with Crippen LogP contribution in [0, 0.1) is 5.92 Å². The lowest BCUT2D eigenvalue weighted by Gasteiger charge is -2.27. The molecule has 0 aliphatic carbocycles. The zero-order valence-electron chi connectivity index (χ0n) is 6.34. The first-order valence-electron chi connectivity index (χ1n) is 3.63. The van der Waals surface area contributed by atoms with Crippen molar-refractivity contribution in [3.8, 4) is 0 Å². The SMILES string of the molecule is C=C(C)[C@@H]1CCOC[C@H]1O. The van der Waals surface area contributed by atoms with E-state index in [9.17, 15) is 5.11 Å². The second kappa shape index (κ2) is 3.17. The van der Waals surface area contributed by atoms with Crippen molar-refractivity contribution in [2.24, 2.45) is 5.92 Å². The minimum absolute atomic E-state index is 0.258. The van der Waals surface area contributed by atoms with Crippen molar-refractivity contribution in [2.75, 3.05) is 13.2 Å². The molecule has 1 N–H and O–H groups in total. The van der Waals surface area contributed by atoms with E-state index >= 15 is 0 Å². The molecule has 0 aromatic heterocycles. The van der Waals surface area contributed by atoms with Crippen molar-refractivity contribution < 1.29 is 9.84 Å². The summed E-state index contributed by atoms with van der Waals surface area (Å²) >= 11 is 0. The molecule has 0 bridgehead atoms. The van der Waals surface area contributed by atoms with Gasteiger partial charge in [0, 0.05) is 12.5 Å². The second-order valence-electron chi connectivity index (χ2n) is 2.88. The first-order valence-corrected chi connectivity index (χ1v) is 3.63. The van der Waals surface area contributed by atoms with Gasteiger partial charge >= 0.3 is 0 Å². The summed E-state index contributed by atoms with van der Waals surface area (Å²) < 4.78 is 5.07. The minimum Gasteiger partial charge on any atom is -0.390 e. The Bertz CT molecular complexity index is 131. The molecule has 0 aromatic carbocycles. The predicted octanol–water partition coefficient (Wildman–Crippen LogP) is 0.960. The van der Waals surface area contributed by atoms with E-state index < -0.39 is 0 Å². The van der Waals surface area contributed by atoms with Gasteiger partial charge in [-0.1, -0.05) is 12.2 Å². The summed E-state index contributed by atoms with van der Waals surface area (Å²) in [6, 6.07) is 0. The first-order chi connectivity index (χ1) is 4.72. The lowest BCUT2D eigenvalue weighted by molar-refractivity contribution is -0.0327. The van der Waals surface area contributed by atoms with Crippen LogP contribution < -0.4 is 0 Å². The molecular formula is C8H14O2. The van der Waals surface area contributed by atoms with Crippen LogP contribution >= 0.6 is 0 Å².